The van der Waals surface area contributed by atoms with Gasteiger partial charge in [-0.25, -0.2) is 0 Å². The SMILES string of the molecule is CC(C)C(=O)[C@H](CC(=O)[C@H](CC(=O)[C@H]1CCCN1C(=O)CCC(=O)[C@H](CC(=O)[C@H]1CCCN1C(C)C)Cc1c[nH]c2ccccc12)Cc1ccccc1)Cc1c[nH]c2ccccc12. The highest BCUT2D eigenvalue weighted by atomic mass is 16.2. The molecule has 2 N–H and O–H groups in total. The lowest BCUT2D eigenvalue weighted by Crippen LogP contribution is -2.42. The van der Waals surface area contributed by atoms with Gasteiger partial charge in [0, 0.05) is 103 Å². The Morgan fingerprint density at radius 1 is 0.587 bits per heavy atom. The zero-order valence-electron chi connectivity index (χ0n) is 37.4. The van der Waals surface area contributed by atoms with Crippen molar-refractivity contribution in [1.29, 1.82) is 0 Å². The average Bonchev–Trinajstić information content (AvgIpc) is 4.12. The second kappa shape index (κ2) is 20.8. The number of aromatic nitrogens is 2. The fourth-order valence-electron chi connectivity index (χ4n) is 10.3. The van der Waals surface area contributed by atoms with Crippen LogP contribution in [0.15, 0.2) is 91.3 Å². The van der Waals surface area contributed by atoms with Crippen LogP contribution in [-0.2, 0) is 48.0 Å². The van der Waals surface area contributed by atoms with Gasteiger partial charge in [-0.1, -0.05) is 80.6 Å². The third-order valence-electron chi connectivity index (χ3n) is 13.7. The maximum absolute atomic E-state index is 14.4. The minimum atomic E-state index is -0.689. The van der Waals surface area contributed by atoms with Crippen LogP contribution in [0.5, 0.6) is 0 Å². The summed E-state index contributed by atoms with van der Waals surface area (Å²) in [6.07, 6.45) is 7.89. The molecule has 10 nitrogen and oxygen atoms in total. The topological polar surface area (TPSA) is 140 Å². The van der Waals surface area contributed by atoms with E-state index >= 15 is 0 Å². The van der Waals surface area contributed by atoms with Gasteiger partial charge in [0.25, 0.3) is 0 Å². The first kappa shape index (κ1) is 45.5. The van der Waals surface area contributed by atoms with Crippen molar-refractivity contribution in [3.8, 4) is 0 Å². The second-order valence-electron chi connectivity index (χ2n) is 18.7. The number of nitrogens with one attached hydrogen (secondary N) is 2. The fourth-order valence-corrected chi connectivity index (χ4v) is 10.3. The number of nitrogens with zero attached hydrogens (tertiary/aromatic N) is 2. The van der Waals surface area contributed by atoms with Crippen LogP contribution in [0, 0.1) is 23.7 Å². The van der Waals surface area contributed by atoms with E-state index in [9.17, 15) is 28.8 Å². The van der Waals surface area contributed by atoms with Crippen LogP contribution in [0.4, 0.5) is 0 Å². The van der Waals surface area contributed by atoms with Gasteiger partial charge in [-0.3, -0.25) is 33.7 Å². The largest absolute Gasteiger partial charge is 0.361 e. The predicted octanol–water partition coefficient (Wildman–Crippen LogP) is 8.84. The van der Waals surface area contributed by atoms with Crippen molar-refractivity contribution in [1.82, 2.24) is 19.8 Å². The molecule has 0 bridgehead atoms. The number of hydrogen-bond donors (Lipinski definition) is 2. The Morgan fingerprint density at radius 2 is 1.13 bits per heavy atom. The molecule has 2 fully saturated rings. The Kier molecular flexibility index (Phi) is 15.0. The number of benzene rings is 3. The van der Waals surface area contributed by atoms with Gasteiger partial charge in [-0.15, -0.1) is 0 Å². The molecule has 7 rings (SSSR count). The van der Waals surface area contributed by atoms with E-state index in [0.29, 0.717) is 38.6 Å². The number of H-pyrrole nitrogens is 2. The molecule has 2 aliphatic rings. The van der Waals surface area contributed by atoms with Crippen molar-refractivity contribution in [3.05, 3.63) is 108 Å². The number of amides is 1. The number of carbonyl (C=O) groups excluding carboxylic acids is 6. The monoisotopic (exact) mass is 852 g/mol. The van der Waals surface area contributed by atoms with E-state index in [1.165, 1.54) is 0 Å². The second-order valence-corrected chi connectivity index (χ2v) is 18.7. The Hall–Kier alpha value is -5.48. The average molecular weight is 853 g/mol. The molecule has 10 heteroatoms. The Labute approximate surface area is 371 Å². The normalized spacial score (nSPS) is 18.3. The molecule has 0 saturated carbocycles. The molecule has 0 aliphatic carbocycles. The fraction of sp³-hybridized carbons (Fsp3) is 0.472. The van der Waals surface area contributed by atoms with Crippen LogP contribution >= 0.6 is 0 Å². The molecule has 63 heavy (non-hydrogen) atoms. The van der Waals surface area contributed by atoms with Gasteiger partial charge in [-0.05, 0) is 94.2 Å². The lowest BCUT2D eigenvalue weighted by molar-refractivity contribution is -0.140. The predicted molar refractivity (Wildman–Crippen MR) is 247 cm³/mol. The van der Waals surface area contributed by atoms with E-state index in [-0.39, 0.29) is 84.9 Å². The molecule has 4 heterocycles. The lowest BCUT2D eigenvalue weighted by atomic mass is 9.80. The maximum Gasteiger partial charge on any atom is 0.223 e. The molecule has 0 unspecified atom stereocenters. The maximum atomic E-state index is 14.4. The van der Waals surface area contributed by atoms with Crippen molar-refractivity contribution >= 4 is 56.6 Å². The third kappa shape index (κ3) is 11.0. The van der Waals surface area contributed by atoms with Crippen LogP contribution in [0.1, 0.15) is 102 Å². The molecule has 0 spiro atoms. The Bertz CT molecular complexity index is 2410. The summed E-state index contributed by atoms with van der Waals surface area (Å²) in [6.45, 7) is 9.19. The van der Waals surface area contributed by atoms with Gasteiger partial charge in [0.2, 0.25) is 5.91 Å². The first-order chi connectivity index (χ1) is 30.4. The van der Waals surface area contributed by atoms with E-state index in [1.807, 2.05) is 105 Å². The van der Waals surface area contributed by atoms with Crippen LogP contribution in [0.3, 0.4) is 0 Å². The van der Waals surface area contributed by atoms with Crippen LogP contribution < -0.4 is 0 Å². The molecule has 0 radical (unpaired) electrons. The summed E-state index contributed by atoms with van der Waals surface area (Å²) < 4.78 is 0. The molecule has 5 aromatic rings. The van der Waals surface area contributed by atoms with Crippen LogP contribution in [0.25, 0.3) is 21.8 Å². The number of Topliss-reactive ketones (excluding diaryl/α,β-unsaturated/α-hetero) is 5. The van der Waals surface area contributed by atoms with Gasteiger partial charge in [0.15, 0.2) is 11.6 Å². The lowest BCUT2D eigenvalue weighted by Gasteiger charge is -2.28. The number of fused-ring (bicyclic) bond motifs is 2. The quantitative estimate of drug-likeness (QED) is 0.0709. The highest BCUT2D eigenvalue weighted by molar-refractivity contribution is 5.97. The molecule has 332 valence electrons. The van der Waals surface area contributed by atoms with Crippen LogP contribution in [-0.4, -0.2) is 85.8 Å². The highest BCUT2D eigenvalue weighted by Gasteiger charge is 2.38. The molecule has 2 aliphatic heterocycles. The van der Waals surface area contributed by atoms with Gasteiger partial charge < -0.3 is 14.9 Å². The van der Waals surface area contributed by atoms with Gasteiger partial charge in [-0.2, -0.15) is 0 Å². The molecule has 3 aromatic carbocycles. The van der Waals surface area contributed by atoms with E-state index in [0.717, 1.165) is 57.9 Å². The summed E-state index contributed by atoms with van der Waals surface area (Å²) in [5.41, 5.74) is 4.82. The summed E-state index contributed by atoms with van der Waals surface area (Å²) in [5, 5.41) is 2.04. The zero-order chi connectivity index (χ0) is 44.6. The first-order valence-corrected chi connectivity index (χ1v) is 23.2. The summed E-state index contributed by atoms with van der Waals surface area (Å²) in [4.78, 5) is 94.9. The smallest absolute Gasteiger partial charge is 0.223 e. The molecule has 2 saturated heterocycles. The van der Waals surface area contributed by atoms with Crippen molar-refractivity contribution in [2.24, 2.45) is 23.7 Å². The summed E-state index contributed by atoms with van der Waals surface area (Å²) >= 11 is 0. The summed E-state index contributed by atoms with van der Waals surface area (Å²) in [5.74, 6) is -2.64. The number of para-hydroxylation sites is 2. The summed E-state index contributed by atoms with van der Waals surface area (Å²) in [7, 11) is 0. The van der Waals surface area contributed by atoms with Crippen molar-refractivity contribution < 1.29 is 28.8 Å². The molecule has 5 atom stereocenters. The minimum Gasteiger partial charge on any atom is -0.361 e. The van der Waals surface area contributed by atoms with E-state index < -0.39 is 23.8 Å². The van der Waals surface area contributed by atoms with Crippen LogP contribution in [0.2, 0.25) is 0 Å². The molecule has 2 aromatic heterocycles. The summed E-state index contributed by atoms with van der Waals surface area (Å²) in [6, 6.07) is 24.8. The highest BCUT2D eigenvalue weighted by Crippen LogP contribution is 2.31. The van der Waals surface area contributed by atoms with Gasteiger partial charge >= 0.3 is 0 Å². The van der Waals surface area contributed by atoms with Gasteiger partial charge in [0.1, 0.15) is 17.3 Å². The minimum absolute atomic E-state index is 0.0182. The van der Waals surface area contributed by atoms with E-state index in [2.05, 4.69) is 28.7 Å². The molecular formula is C53H64N4O6. The standard InChI is InChI=1S/C53H64N4O6/c1-34(2)53(63)39(28-41-33-55-45-19-11-9-17-43(41)45)31-49(59)37(26-36-14-6-5-7-15-36)29-51(61)47-21-13-25-57(47)52(62)23-22-48(58)38(27-40-32-54-44-18-10-8-16-42(40)44)30-50(60)46-20-12-24-56(46)35(3)4/h5-11,14-19,32-35,37-39,46-47,54-55H,12-13,20-31H2,1-4H3/t37-,38-,39-,46+,47+/m0/s1. The van der Waals surface area contributed by atoms with Crippen molar-refractivity contribution in [2.75, 3.05) is 13.1 Å². The van der Waals surface area contributed by atoms with E-state index in [1.54, 1.807) is 4.90 Å². The van der Waals surface area contributed by atoms with Crippen molar-refractivity contribution in [2.45, 2.75) is 123 Å². The molecular weight excluding hydrogens is 789 g/mol. The zero-order valence-corrected chi connectivity index (χ0v) is 37.4. The van der Waals surface area contributed by atoms with Gasteiger partial charge in [0.05, 0.1) is 12.1 Å². The Morgan fingerprint density at radius 3 is 1.75 bits per heavy atom. The van der Waals surface area contributed by atoms with E-state index in [4.69, 9.17) is 0 Å². The number of carbonyl (C=O) groups is 6. The first-order valence-electron chi connectivity index (χ1n) is 23.2. The third-order valence-corrected chi connectivity index (χ3v) is 13.7. The number of ketones is 5. The number of aromatic amines is 2. The molecule has 1 amide bonds. The Balaban J connectivity index is 1.03. The number of hydrogen-bond acceptors (Lipinski definition) is 7. The number of likely N-dealkylation sites (tertiary alicyclic amines) is 2. The van der Waals surface area contributed by atoms with Crippen molar-refractivity contribution in [3.63, 3.8) is 0 Å². The number of rotatable bonds is 22.